The van der Waals surface area contributed by atoms with Gasteiger partial charge in [-0.15, -0.1) is 0 Å². The Labute approximate surface area is 159 Å². The molecular weight excluding hydrogens is 340 g/mol. The van der Waals surface area contributed by atoms with Crippen LogP contribution in [0.4, 0.5) is 0 Å². The lowest BCUT2D eigenvalue weighted by Gasteiger charge is -2.16. The van der Waals surface area contributed by atoms with Crippen molar-refractivity contribution in [1.82, 2.24) is 10.2 Å². The minimum absolute atomic E-state index is 0.0132. The van der Waals surface area contributed by atoms with Crippen LogP contribution in [0.5, 0.6) is 5.75 Å². The van der Waals surface area contributed by atoms with Gasteiger partial charge in [-0.1, -0.05) is 30.3 Å². The van der Waals surface area contributed by atoms with Crippen LogP contribution in [0.2, 0.25) is 0 Å². The molecule has 0 aliphatic heterocycles. The largest absolute Gasteiger partial charge is 0.497 e. The van der Waals surface area contributed by atoms with Gasteiger partial charge in [0.1, 0.15) is 11.3 Å². The summed E-state index contributed by atoms with van der Waals surface area (Å²) in [5, 5.41) is 3.95. The molecule has 3 aromatic rings. The van der Waals surface area contributed by atoms with Crippen molar-refractivity contribution in [2.45, 2.75) is 19.4 Å². The van der Waals surface area contributed by atoms with Gasteiger partial charge in [0.25, 0.3) is 0 Å². The van der Waals surface area contributed by atoms with Crippen molar-refractivity contribution in [3.63, 3.8) is 0 Å². The van der Waals surface area contributed by atoms with Gasteiger partial charge < -0.3 is 19.4 Å². The Morgan fingerprint density at radius 3 is 2.78 bits per heavy atom. The molecule has 0 bridgehead atoms. The summed E-state index contributed by atoms with van der Waals surface area (Å²) >= 11 is 0. The van der Waals surface area contributed by atoms with Gasteiger partial charge in [0.05, 0.1) is 19.8 Å². The van der Waals surface area contributed by atoms with E-state index in [9.17, 15) is 4.79 Å². The molecule has 5 heteroatoms. The smallest absolute Gasteiger partial charge is 0.224 e. The molecule has 0 saturated carbocycles. The monoisotopic (exact) mass is 366 g/mol. The lowest BCUT2D eigenvalue weighted by molar-refractivity contribution is -0.120. The number of furan rings is 1. The second kappa shape index (κ2) is 9.24. The molecule has 1 aromatic heterocycles. The number of nitrogens with one attached hydrogen (secondary N) is 1. The molecule has 0 unspecified atom stereocenters. The van der Waals surface area contributed by atoms with Crippen molar-refractivity contribution in [2.75, 3.05) is 27.2 Å². The summed E-state index contributed by atoms with van der Waals surface area (Å²) < 4.78 is 10.7. The van der Waals surface area contributed by atoms with Crippen molar-refractivity contribution in [3.8, 4) is 5.75 Å². The SMILES string of the molecule is COc1ccc2c(CC(=O)NCCCN(C)Cc3ccccc3)coc2c1. The maximum Gasteiger partial charge on any atom is 0.224 e. The summed E-state index contributed by atoms with van der Waals surface area (Å²) in [6.45, 7) is 2.52. The van der Waals surface area contributed by atoms with Crippen LogP contribution in [0.1, 0.15) is 17.5 Å². The zero-order valence-corrected chi connectivity index (χ0v) is 15.9. The molecule has 0 saturated heterocycles. The highest BCUT2D eigenvalue weighted by Crippen LogP contribution is 2.25. The number of ether oxygens (including phenoxy) is 1. The van der Waals surface area contributed by atoms with Gasteiger partial charge in [0.2, 0.25) is 5.91 Å². The molecule has 3 rings (SSSR count). The number of carbonyl (C=O) groups is 1. The number of fused-ring (bicyclic) bond motifs is 1. The third kappa shape index (κ3) is 5.34. The third-order valence-electron chi connectivity index (χ3n) is 4.55. The molecule has 0 aliphatic rings. The lowest BCUT2D eigenvalue weighted by Crippen LogP contribution is -2.29. The number of hydrogen-bond donors (Lipinski definition) is 1. The van der Waals surface area contributed by atoms with Crippen LogP contribution in [0.3, 0.4) is 0 Å². The Bertz CT molecular complexity index is 874. The topological polar surface area (TPSA) is 54.7 Å². The first-order valence-electron chi connectivity index (χ1n) is 9.19. The maximum atomic E-state index is 12.2. The predicted octanol–water partition coefficient (Wildman–Crippen LogP) is 3.62. The minimum atomic E-state index is 0.0132. The van der Waals surface area contributed by atoms with Gasteiger partial charge in [-0.05, 0) is 37.7 Å². The number of nitrogens with zero attached hydrogens (tertiary/aromatic N) is 1. The summed E-state index contributed by atoms with van der Waals surface area (Å²) in [7, 11) is 3.72. The molecule has 0 atom stereocenters. The molecule has 142 valence electrons. The standard InChI is InChI=1S/C22H26N2O3/c1-24(15-17-7-4-3-5-8-17)12-6-11-23-22(25)13-18-16-27-21-14-19(26-2)9-10-20(18)21/h3-5,7-10,14,16H,6,11-13,15H2,1-2H3,(H,23,25). The van der Waals surface area contributed by atoms with Gasteiger partial charge in [-0.2, -0.15) is 0 Å². The third-order valence-corrected chi connectivity index (χ3v) is 4.55. The molecule has 5 nitrogen and oxygen atoms in total. The van der Waals surface area contributed by atoms with Crippen LogP contribution in [0, 0.1) is 0 Å². The van der Waals surface area contributed by atoms with Crippen molar-refractivity contribution in [3.05, 3.63) is 65.9 Å². The van der Waals surface area contributed by atoms with E-state index in [1.807, 2.05) is 24.3 Å². The highest BCUT2D eigenvalue weighted by molar-refractivity contribution is 5.88. The molecule has 1 amide bonds. The van der Waals surface area contributed by atoms with Crippen molar-refractivity contribution >= 4 is 16.9 Å². The molecule has 0 radical (unpaired) electrons. The molecule has 0 fully saturated rings. The van der Waals surface area contributed by atoms with E-state index < -0.39 is 0 Å². The molecule has 2 aromatic carbocycles. The van der Waals surface area contributed by atoms with Gasteiger partial charge in [0.15, 0.2) is 0 Å². The van der Waals surface area contributed by atoms with E-state index in [4.69, 9.17) is 9.15 Å². The highest BCUT2D eigenvalue weighted by atomic mass is 16.5. The Morgan fingerprint density at radius 2 is 2.00 bits per heavy atom. The molecule has 27 heavy (non-hydrogen) atoms. The van der Waals surface area contributed by atoms with Gasteiger partial charge in [-0.25, -0.2) is 0 Å². The Kier molecular flexibility index (Phi) is 6.49. The number of benzene rings is 2. The molecular formula is C22H26N2O3. The first-order chi connectivity index (χ1) is 13.2. The fraction of sp³-hybridized carbons (Fsp3) is 0.318. The molecule has 0 spiro atoms. The van der Waals surface area contributed by atoms with Crippen LogP contribution < -0.4 is 10.1 Å². The second-order valence-electron chi connectivity index (χ2n) is 6.73. The molecule has 1 N–H and O–H groups in total. The number of rotatable bonds is 9. The Morgan fingerprint density at radius 1 is 1.19 bits per heavy atom. The average Bonchev–Trinajstić information content (AvgIpc) is 3.08. The van der Waals surface area contributed by atoms with Crippen LogP contribution in [-0.4, -0.2) is 38.1 Å². The fourth-order valence-corrected chi connectivity index (χ4v) is 3.11. The fourth-order valence-electron chi connectivity index (χ4n) is 3.11. The maximum absolute atomic E-state index is 12.2. The van der Waals surface area contributed by atoms with E-state index >= 15 is 0 Å². The van der Waals surface area contributed by atoms with E-state index in [-0.39, 0.29) is 5.91 Å². The number of carbonyl (C=O) groups excluding carboxylic acids is 1. The van der Waals surface area contributed by atoms with Crippen LogP contribution in [0.25, 0.3) is 11.0 Å². The zero-order valence-electron chi connectivity index (χ0n) is 15.9. The molecule has 1 heterocycles. The summed E-state index contributed by atoms with van der Waals surface area (Å²) in [6.07, 6.45) is 2.88. The van der Waals surface area contributed by atoms with E-state index in [0.717, 1.165) is 41.8 Å². The summed E-state index contributed by atoms with van der Waals surface area (Å²) in [6, 6.07) is 16.0. The number of methoxy groups -OCH3 is 1. The van der Waals surface area contributed by atoms with Crippen LogP contribution in [-0.2, 0) is 17.8 Å². The summed E-state index contributed by atoms with van der Waals surface area (Å²) in [4.78, 5) is 14.5. The van der Waals surface area contributed by atoms with E-state index in [2.05, 4.69) is 41.5 Å². The Balaban J connectivity index is 1.41. The van der Waals surface area contributed by atoms with Crippen LogP contribution in [0.15, 0.2) is 59.2 Å². The van der Waals surface area contributed by atoms with E-state index in [1.165, 1.54) is 5.56 Å². The number of amides is 1. The first kappa shape index (κ1) is 19.0. The first-order valence-corrected chi connectivity index (χ1v) is 9.19. The van der Waals surface area contributed by atoms with Crippen molar-refractivity contribution in [2.24, 2.45) is 0 Å². The average molecular weight is 366 g/mol. The van der Waals surface area contributed by atoms with Crippen molar-refractivity contribution in [1.29, 1.82) is 0 Å². The van der Waals surface area contributed by atoms with Gasteiger partial charge in [-0.3, -0.25) is 4.79 Å². The highest BCUT2D eigenvalue weighted by Gasteiger charge is 2.11. The summed E-state index contributed by atoms with van der Waals surface area (Å²) in [5.74, 6) is 0.756. The van der Waals surface area contributed by atoms with Crippen LogP contribution >= 0.6 is 0 Å². The van der Waals surface area contributed by atoms with Crippen molar-refractivity contribution < 1.29 is 13.9 Å². The van der Waals surface area contributed by atoms with E-state index in [1.54, 1.807) is 13.4 Å². The van der Waals surface area contributed by atoms with Gasteiger partial charge >= 0.3 is 0 Å². The molecule has 0 aliphatic carbocycles. The second-order valence-corrected chi connectivity index (χ2v) is 6.73. The lowest BCUT2D eigenvalue weighted by atomic mass is 10.1. The summed E-state index contributed by atoms with van der Waals surface area (Å²) in [5.41, 5.74) is 2.93. The quantitative estimate of drug-likeness (QED) is 0.588. The van der Waals surface area contributed by atoms with Gasteiger partial charge in [0, 0.05) is 30.1 Å². The predicted molar refractivity (Wildman–Crippen MR) is 107 cm³/mol. The normalized spacial score (nSPS) is 11.1. The van der Waals surface area contributed by atoms with E-state index in [0.29, 0.717) is 13.0 Å². The number of hydrogen-bond acceptors (Lipinski definition) is 4. The zero-order chi connectivity index (χ0) is 19.1. The minimum Gasteiger partial charge on any atom is -0.497 e. The Hall–Kier alpha value is -2.79.